The maximum Gasteiger partial charge on any atom is 0.228 e. The maximum absolute atomic E-state index is 12.5. The molecule has 8 heteroatoms. The number of amides is 1. The number of nitrogens with zero attached hydrogens (tertiary/aromatic N) is 4. The van der Waals surface area contributed by atoms with Crippen LogP contribution >= 0.6 is 11.6 Å². The lowest BCUT2D eigenvalue weighted by Gasteiger charge is -2.11. The second-order valence-corrected chi connectivity index (χ2v) is 6.78. The molecule has 1 N–H and O–H groups in total. The van der Waals surface area contributed by atoms with Crippen LogP contribution in [0.15, 0.2) is 66.9 Å². The number of carbonyl (C=O) groups excluding carboxylic acids is 1. The van der Waals surface area contributed by atoms with Crippen LogP contribution in [0.4, 0.5) is 5.82 Å². The highest BCUT2D eigenvalue weighted by atomic mass is 35.5. The molecular formula is C22H16ClN5O2. The second kappa shape index (κ2) is 8.64. The van der Waals surface area contributed by atoms with Crippen molar-refractivity contribution in [2.24, 2.45) is 0 Å². The summed E-state index contributed by atoms with van der Waals surface area (Å²) in [6.45, 7) is 0.139. The molecule has 0 aliphatic heterocycles. The number of nitrogens with one attached hydrogen (secondary N) is 1. The van der Waals surface area contributed by atoms with Gasteiger partial charge in [-0.25, -0.2) is 4.98 Å². The Labute approximate surface area is 177 Å². The van der Waals surface area contributed by atoms with Crippen molar-refractivity contribution < 1.29 is 9.53 Å². The van der Waals surface area contributed by atoms with Gasteiger partial charge in [0.05, 0.1) is 29.8 Å². The Morgan fingerprint density at radius 2 is 1.93 bits per heavy atom. The Morgan fingerprint density at radius 1 is 1.13 bits per heavy atom. The Hall–Kier alpha value is -3.89. The number of nitriles is 1. The molecule has 7 nitrogen and oxygen atoms in total. The molecule has 30 heavy (non-hydrogen) atoms. The number of carbonyl (C=O) groups is 1. The number of aromatic nitrogens is 3. The van der Waals surface area contributed by atoms with Gasteiger partial charge in [-0.05, 0) is 30.3 Å². The number of hydrogen-bond acceptors (Lipinski definition) is 5. The molecule has 0 saturated heterocycles. The zero-order chi connectivity index (χ0) is 20.9. The highest BCUT2D eigenvalue weighted by Gasteiger charge is 2.16. The first-order chi connectivity index (χ1) is 14.7. The molecule has 0 aliphatic rings. The molecule has 0 fully saturated rings. The van der Waals surface area contributed by atoms with Gasteiger partial charge in [-0.1, -0.05) is 41.9 Å². The highest BCUT2D eigenvalue weighted by Crippen LogP contribution is 2.24. The van der Waals surface area contributed by atoms with Gasteiger partial charge in [-0.3, -0.25) is 4.79 Å². The zero-order valence-electron chi connectivity index (χ0n) is 15.7. The number of anilines is 1. The third-order valence-electron chi connectivity index (χ3n) is 4.37. The van der Waals surface area contributed by atoms with E-state index in [1.165, 1.54) is 10.9 Å². The molecule has 0 aliphatic carbocycles. The standard InChI is InChI=1S/C22H16ClN5O2/c23-17-6-2-4-8-19(17)30-12-11-21(29)27-22-16(13-24)14-25-28(22)20-10-9-15-5-1-3-7-18(15)26-20/h1-10,14H,11-12H2,(H,27,29). The van der Waals surface area contributed by atoms with E-state index in [1.807, 2.05) is 36.4 Å². The van der Waals surface area contributed by atoms with Gasteiger partial charge < -0.3 is 10.1 Å². The van der Waals surface area contributed by atoms with Crippen LogP contribution in [0.2, 0.25) is 5.02 Å². The van der Waals surface area contributed by atoms with Crippen molar-refractivity contribution in [2.75, 3.05) is 11.9 Å². The molecule has 0 saturated carbocycles. The second-order valence-electron chi connectivity index (χ2n) is 6.37. The van der Waals surface area contributed by atoms with E-state index < -0.39 is 0 Å². The number of halogens is 1. The zero-order valence-corrected chi connectivity index (χ0v) is 16.5. The van der Waals surface area contributed by atoms with Crippen LogP contribution in [0.1, 0.15) is 12.0 Å². The Kier molecular flexibility index (Phi) is 5.59. The van der Waals surface area contributed by atoms with Gasteiger partial charge in [0, 0.05) is 5.39 Å². The number of hydrogen-bond donors (Lipinski definition) is 1. The van der Waals surface area contributed by atoms with Crippen molar-refractivity contribution >= 4 is 34.2 Å². The van der Waals surface area contributed by atoms with Gasteiger partial charge in [0.15, 0.2) is 11.6 Å². The minimum absolute atomic E-state index is 0.0758. The first-order valence-corrected chi connectivity index (χ1v) is 9.55. The monoisotopic (exact) mass is 417 g/mol. The summed E-state index contributed by atoms with van der Waals surface area (Å²) in [6, 6.07) is 20.5. The van der Waals surface area contributed by atoms with Crippen molar-refractivity contribution in [3.05, 3.63) is 77.4 Å². The van der Waals surface area contributed by atoms with E-state index in [9.17, 15) is 10.1 Å². The molecule has 0 bridgehead atoms. The molecule has 0 unspecified atom stereocenters. The van der Waals surface area contributed by atoms with Crippen LogP contribution in [0.3, 0.4) is 0 Å². The molecule has 2 aromatic heterocycles. The van der Waals surface area contributed by atoms with Gasteiger partial charge in [0.1, 0.15) is 17.4 Å². The quantitative estimate of drug-likeness (QED) is 0.503. The fourth-order valence-corrected chi connectivity index (χ4v) is 3.10. The first kappa shape index (κ1) is 19.4. The molecule has 2 heterocycles. The number of rotatable bonds is 6. The lowest BCUT2D eigenvalue weighted by Crippen LogP contribution is -2.18. The van der Waals surface area contributed by atoms with E-state index in [1.54, 1.807) is 30.3 Å². The lowest BCUT2D eigenvalue weighted by atomic mass is 10.2. The summed E-state index contributed by atoms with van der Waals surface area (Å²) in [5.74, 6) is 0.956. The van der Waals surface area contributed by atoms with Crippen LogP contribution in [0, 0.1) is 11.3 Å². The molecule has 1 amide bonds. The first-order valence-electron chi connectivity index (χ1n) is 9.17. The number of fused-ring (bicyclic) bond motifs is 1. The fourth-order valence-electron chi connectivity index (χ4n) is 2.91. The van der Waals surface area contributed by atoms with Gasteiger partial charge in [0.25, 0.3) is 0 Å². The summed E-state index contributed by atoms with van der Waals surface area (Å²) in [5.41, 5.74) is 1.03. The van der Waals surface area contributed by atoms with Crippen LogP contribution in [-0.4, -0.2) is 27.3 Å². The normalized spacial score (nSPS) is 10.5. The average Bonchev–Trinajstić information content (AvgIpc) is 3.17. The molecule has 0 spiro atoms. The van der Waals surface area contributed by atoms with Crippen molar-refractivity contribution in [2.45, 2.75) is 6.42 Å². The van der Waals surface area contributed by atoms with Crippen LogP contribution in [0.25, 0.3) is 16.7 Å². The lowest BCUT2D eigenvalue weighted by molar-refractivity contribution is -0.116. The van der Waals surface area contributed by atoms with Crippen LogP contribution in [-0.2, 0) is 4.79 Å². The summed E-state index contributed by atoms with van der Waals surface area (Å²) >= 11 is 6.04. The Bertz CT molecular complexity index is 1260. The van der Waals surface area contributed by atoms with Crippen molar-refractivity contribution in [1.29, 1.82) is 5.26 Å². The molecule has 0 atom stereocenters. The summed E-state index contributed by atoms with van der Waals surface area (Å²) in [6.07, 6.45) is 1.47. The largest absolute Gasteiger partial charge is 0.491 e. The van der Waals surface area contributed by atoms with Gasteiger partial charge in [-0.15, -0.1) is 0 Å². The third-order valence-corrected chi connectivity index (χ3v) is 4.68. The molecular weight excluding hydrogens is 402 g/mol. The molecule has 2 aromatic carbocycles. The summed E-state index contributed by atoms with van der Waals surface area (Å²) in [7, 11) is 0. The van der Waals surface area contributed by atoms with Crippen LogP contribution in [0.5, 0.6) is 5.75 Å². The number of benzene rings is 2. The predicted molar refractivity (Wildman–Crippen MR) is 114 cm³/mol. The topological polar surface area (TPSA) is 92.8 Å². The van der Waals surface area contributed by atoms with Gasteiger partial charge in [-0.2, -0.15) is 15.0 Å². The number of ether oxygens (including phenoxy) is 1. The fraction of sp³-hybridized carbons (Fsp3) is 0.0909. The Balaban J connectivity index is 1.51. The third kappa shape index (κ3) is 4.09. The van der Waals surface area contributed by atoms with E-state index in [-0.39, 0.29) is 30.3 Å². The van der Waals surface area contributed by atoms with E-state index in [4.69, 9.17) is 16.3 Å². The Morgan fingerprint density at radius 3 is 2.77 bits per heavy atom. The van der Waals surface area contributed by atoms with Crippen LogP contribution < -0.4 is 10.1 Å². The van der Waals surface area contributed by atoms with Crippen molar-refractivity contribution in [3.63, 3.8) is 0 Å². The predicted octanol–water partition coefficient (Wildman–Crippen LogP) is 4.35. The van der Waals surface area contributed by atoms with E-state index >= 15 is 0 Å². The van der Waals surface area contributed by atoms with E-state index in [0.29, 0.717) is 16.6 Å². The highest BCUT2D eigenvalue weighted by molar-refractivity contribution is 6.32. The number of pyridine rings is 1. The molecule has 148 valence electrons. The van der Waals surface area contributed by atoms with Crippen molar-refractivity contribution in [1.82, 2.24) is 14.8 Å². The SMILES string of the molecule is N#Cc1cnn(-c2ccc3ccccc3n2)c1NC(=O)CCOc1ccccc1Cl. The molecule has 4 aromatic rings. The van der Waals surface area contributed by atoms with E-state index in [0.717, 1.165) is 10.9 Å². The summed E-state index contributed by atoms with van der Waals surface area (Å²) < 4.78 is 7.00. The average molecular weight is 418 g/mol. The summed E-state index contributed by atoms with van der Waals surface area (Å²) in [4.78, 5) is 17.0. The van der Waals surface area contributed by atoms with Crippen molar-refractivity contribution in [3.8, 4) is 17.6 Å². The maximum atomic E-state index is 12.5. The number of para-hydroxylation sites is 2. The molecule has 0 radical (unpaired) electrons. The van der Waals surface area contributed by atoms with E-state index in [2.05, 4.69) is 15.4 Å². The van der Waals surface area contributed by atoms with Gasteiger partial charge in [0.2, 0.25) is 5.91 Å². The summed E-state index contributed by atoms with van der Waals surface area (Å²) in [5, 5.41) is 17.8. The molecule has 4 rings (SSSR count). The minimum atomic E-state index is -0.318. The smallest absolute Gasteiger partial charge is 0.228 e. The minimum Gasteiger partial charge on any atom is -0.491 e. The van der Waals surface area contributed by atoms with Gasteiger partial charge >= 0.3 is 0 Å².